The predicted molar refractivity (Wildman–Crippen MR) is 69.1 cm³/mol. The molecule has 0 fully saturated rings. The lowest BCUT2D eigenvalue weighted by Gasteiger charge is -2.22. The van der Waals surface area contributed by atoms with Crippen molar-refractivity contribution < 1.29 is 9.59 Å². The fraction of sp³-hybridized carbons (Fsp3) is 0.462. The Balaban J connectivity index is 2.74. The SMILES string of the molecule is CN(C)c1nc(C(C)(C)C)cc2c1C(=O)NC2=O. The number of carbonyl (C=O) groups excluding carboxylic acids is 2. The van der Waals surface area contributed by atoms with Crippen molar-refractivity contribution in [1.29, 1.82) is 0 Å². The first kappa shape index (κ1) is 12.5. The monoisotopic (exact) mass is 247 g/mol. The number of pyridine rings is 1. The summed E-state index contributed by atoms with van der Waals surface area (Å²) in [6.45, 7) is 6.07. The van der Waals surface area contributed by atoms with E-state index in [1.807, 2.05) is 34.9 Å². The van der Waals surface area contributed by atoms with Crippen LogP contribution in [0.3, 0.4) is 0 Å². The lowest BCUT2D eigenvalue weighted by Crippen LogP contribution is -2.22. The highest BCUT2D eigenvalue weighted by Gasteiger charge is 2.33. The summed E-state index contributed by atoms with van der Waals surface area (Å²) in [7, 11) is 3.62. The predicted octanol–water partition coefficient (Wildman–Crippen LogP) is 1.33. The maximum atomic E-state index is 11.8. The normalized spacial score (nSPS) is 14.5. The molecule has 0 unspecified atom stereocenters. The van der Waals surface area contributed by atoms with Crippen LogP contribution in [-0.4, -0.2) is 30.9 Å². The molecule has 1 aliphatic rings. The zero-order chi connectivity index (χ0) is 13.7. The molecule has 2 heterocycles. The van der Waals surface area contributed by atoms with Gasteiger partial charge in [0, 0.05) is 25.2 Å². The average Bonchev–Trinajstić information content (AvgIpc) is 2.52. The van der Waals surface area contributed by atoms with Crippen molar-refractivity contribution in [2.75, 3.05) is 19.0 Å². The van der Waals surface area contributed by atoms with Gasteiger partial charge in [-0.3, -0.25) is 14.9 Å². The Morgan fingerprint density at radius 2 is 1.78 bits per heavy atom. The minimum atomic E-state index is -0.369. The summed E-state index contributed by atoms with van der Waals surface area (Å²) in [5, 5.41) is 2.31. The largest absolute Gasteiger partial charge is 0.362 e. The number of nitrogens with one attached hydrogen (secondary N) is 1. The highest BCUT2D eigenvalue weighted by atomic mass is 16.2. The van der Waals surface area contributed by atoms with Gasteiger partial charge in [0.25, 0.3) is 11.8 Å². The number of hydrogen-bond donors (Lipinski definition) is 1. The van der Waals surface area contributed by atoms with Crippen molar-refractivity contribution in [2.24, 2.45) is 0 Å². The molecule has 0 radical (unpaired) electrons. The Morgan fingerprint density at radius 3 is 2.28 bits per heavy atom. The fourth-order valence-corrected chi connectivity index (χ4v) is 1.88. The van der Waals surface area contributed by atoms with Crippen LogP contribution in [0.1, 0.15) is 47.2 Å². The summed E-state index contributed by atoms with van der Waals surface area (Å²) in [6, 6.07) is 1.71. The van der Waals surface area contributed by atoms with Gasteiger partial charge in [-0.05, 0) is 6.07 Å². The van der Waals surface area contributed by atoms with Crippen molar-refractivity contribution in [3.05, 3.63) is 22.9 Å². The van der Waals surface area contributed by atoms with Gasteiger partial charge >= 0.3 is 0 Å². The van der Waals surface area contributed by atoms with Gasteiger partial charge in [0.15, 0.2) is 0 Å². The maximum Gasteiger partial charge on any atom is 0.262 e. The lowest BCUT2D eigenvalue weighted by atomic mass is 9.90. The number of nitrogens with zero attached hydrogens (tertiary/aromatic N) is 2. The van der Waals surface area contributed by atoms with E-state index in [-0.39, 0.29) is 17.2 Å². The van der Waals surface area contributed by atoms with Gasteiger partial charge in [-0.2, -0.15) is 0 Å². The number of anilines is 1. The fourth-order valence-electron chi connectivity index (χ4n) is 1.88. The Bertz CT molecular complexity index is 542. The summed E-state index contributed by atoms with van der Waals surface area (Å²) < 4.78 is 0. The molecular formula is C13H17N3O2. The summed E-state index contributed by atoms with van der Waals surface area (Å²) in [6.07, 6.45) is 0. The summed E-state index contributed by atoms with van der Waals surface area (Å²) in [4.78, 5) is 29.8. The minimum Gasteiger partial charge on any atom is -0.362 e. The second-order valence-corrected chi connectivity index (χ2v) is 5.68. The molecular weight excluding hydrogens is 230 g/mol. The second kappa shape index (κ2) is 3.80. The maximum absolute atomic E-state index is 11.8. The molecule has 18 heavy (non-hydrogen) atoms. The molecule has 0 saturated heterocycles. The zero-order valence-electron chi connectivity index (χ0n) is 11.3. The van der Waals surface area contributed by atoms with E-state index in [4.69, 9.17) is 0 Å². The molecule has 2 amide bonds. The van der Waals surface area contributed by atoms with Gasteiger partial charge in [0.1, 0.15) is 5.82 Å². The molecule has 1 aromatic rings. The van der Waals surface area contributed by atoms with Crippen molar-refractivity contribution in [3.8, 4) is 0 Å². The van der Waals surface area contributed by atoms with Crippen molar-refractivity contribution in [2.45, 2.75) is 26.2 Å². The first-order valence-corrected chi connectivity index (χ1v) is 5.80. The molecule has 1 N–H and O–H groups in total. The van der Waals surface area contributed by atoms with Crippen LogP contribution in [0, 0.1) is 0 Å². The third-order valence-electron chi connectivity index (χ3n) is 2.89. The van der Waals surface area contributed by atoms with E-state index in [1.54, 1.807) is 11.0 Å². The Kier molecular flexibility index (Phi) is 2.65. The first-order chi connectivity index (χ1) is 8.21. The molecule has 2 rings (SSSR count). The lowest BCUT2D eigenvalue weighted by molar-refractivity contribution is 0.0880. The van der Waals surface area contributed by atoms with Gasteiger partial charge in [0.2, 0.25) is 0 Å². The average molecular weight is 247 g/mol. The first-order valence-electron chi connectivity index (χ1n) is 5.80. The minimum absolute atomic E-state index is 0.175. The van der Waals surface area contributed by atoms with Gasteiger partial charge < -0.3 is 4.90 Å². The standard InChI is InChI=1S/C13H17N3O2/c1-13(2,3)8-6-7-9(10(14-8)16(4)5)12(18)15-11(7)17/h6H,1-5H3,(H,15,17,18). The third-order valence-corrected chi connectivity index (χ3v) is 2.89. The molecule has 96 valence electrons. The highest BCUT2D eigenvalue weighted by molar-refractivity contribution is 6.23. The van der Waals surface area contributed by atoms with Crippen LogP contribution in [0.2, 0.25) is 0 Å². The summed E-state index contributed by atoms with van der Waals surface area (Å²) in [5.74, 6) is -0.168. The Morgan fingerprint density at radius 1 is 1.17 bits per heavy atom. The number of imide groups is 1. The molecule has 0 saturated carbocycles. The summed E-state index contributed by atoms with van der Waals surface area (Å²) in [5.41, 5.74) is 1.42. The van der Waals surface area contributed by atoms with Crippen molar-refractivity contribution >= 4 is 17.6 Å². The van der Waals surface area contributed by atoms with Crippen LogP contribution in [-0.2, 0) is 5.41 Å². The number of aromatic nitrogens is 1. The van der Waals surface area contributed by atoms with Gasteiger partial charge in [-0.15, -0.1) is 0 Å². The Hall–Kier alpha value is -1.91. The van der Waals surface area contributed by atoms with Crippen molar-refractivity contribution in [3.63, 3.8) is 0 Å². The van der Waals surface area contributed by atoms with Crippen LogP contribution in [0.15, 0.2) is 6.07 Å². The second-order valence-electron chi connectivity index (χ2n) is 5.68. The zero-order valence-corrected chi connectivity index (χ0v) is 11.3. The number of carbonyl (C=O) groups is 2. The van der Waals surface area contributed by atoms with E-state index in [9.17, 15) is 9.59 Å². The Labute approximate surface area is 106 Å². The van der Waals surface area contributed by atoms with Crippen LogP contribution in [0.25, 0.3) is 0 Å². The number of amides is 2. The van der Waals surface area contributed by atoms with Crippen LogP contribution in [0.4, 0.5) is 5.82 Å². The van der Waals surface area contributed by atoms with Crippen molar-refractivity contribution in [1.82, 2.24) is 10.3 Å². The summed E-state index contributed by atoms with van der Waals surface area (Å²) >= 11 is 0. The van der Waals surface area contributed by atoms with E-state index in [0.29, 0.717) is 16.9 Å². The third kappa shape index (κ3) is 1.85. The number of rotatable bonds is 1. The molecule has 5 heteroatoms. The molecule has 0 aromatic carbocycles. The molecule has 1 aliphatic heterocycles. The van der Waals surface area contributed by atoms with E-state index in [2.05, 4.69) is 10.3 Å². The molecule has 0 bridgehead atoms. The molecule has 0 aliphatic carbocycles. The molecule has 5 nitrogen and oxygen atoms in total. The molecule has 0 spiro atoms. The molecule has 0 atom stereocenters. The van der Waals surface area contributed by atoms with E-state index < -0.39 is 0 Å². The molecule has 1 aromatic heterocycles. The van der Waals surface area contributed by atoms with E-state index in [1.165, 1.54) is 0 Å². The quantitative estimate of drug-likeness (QED) is 0.760. The highest BCUT2D eigenvalue weighted by Crippen LogP contribution is 2.30. The number of fused-ring (bicyclic) bond motifs is 1. The van der Waals surface area contributed by atoms with Gasteiger partial charge in [-0.1, -0.05) is 20.8 Å². The number of hydrogen-bond acceptors (Lipinski definition) is 4. The van der Waals surface area contributed by atoms with Crippen LogP contribution < -0.4 is 10.2 Å². The topological polar surface area (TPSA) is 62.3 Å². The van der Waals surface area contributed by atoms with E-state index in [0.717, 1.165) is 5.69 Å². The smallest absolute Gasteiger partial charge is 0.262 e. The van der Waals surface area contributed by atoms with Gasteiger partial charge in [0.05, 0.1) is 11.1 Å². The van der Waals surface area contributed by atoms with Gasteiger partial charge in [-0.25, -0.2) is 4.98 Å². The van der Waals surface area contributed by atoms with E-state index >= 15 is 0 Å². The van der Waals surface area contributed by atoms with Crippen LogP contribution >= 0.6 is 0 Å². The van der Waals surface area contributed by atoms with Crippen LogP contribution in [0.5, 0.6) is 0 Å².